The fraction of sp³-hybridized carbons (Fsp3) is 0.312. The number of thiophene rings is 1. The third-order valence-corrected chi connectivity index (χ3v) is 4.56. The molecule has 2 rings (SSSR count). The topological polar surface area (TPSA) is 67.2 Å². The fourth-order valence-corrected chi connectivity index (χ4v) is 2.99. The highest BCUT2D eigenvalue weighted by Gasteiger charge is 2.06. The van der Waals surface area contributed by atoms with Crippen molar-refractivity contribution >= 4 is 23.1 Å². The zero-order valence-electron chi connectivity index (χ0n) is 12.3. The summed E-state index contributed by atoms with van der Waals surface area (Å²) in [5.74, 6) is 0. The normalized spacial score (nSPS) is 12.1. The highest BCUT2D eigenvalue weighted by molar-refractivity contribution is 7.11. The smallest absolute Gasteiger partial charge is 0.316 e. The summed E-state index contributed by atoms with van der Waals surface area (Å²) >= 11 is 1.86. The van der Waals surface area contributed by atoms with Crippen LogP contribution in [0.2, 0.25) is 0 Å². The van der Waals surface area contributed by atoms with Crippen molar-refractivity contribution < 1.29 is 4.79 Å². The van der Waals surface area contributed by atoms with Gasteiger partial charge < -0.3 is 16.4 Å². The van der Waals surface area contributed by atoms with E-state index in [1.165, 1.54) is 15.3 Å². The van der Waals surface area contributed by atoms with Crippen LogP contribution in [-0.2, 0) is 13.0 Å². The zero-order valence-corrected chi connectivity index (χ0v) is 13.2. The van der Waals surface area contributed by atoms with Gasteiger partial charge in [0.05, 0.1) is 0 Å². The Bertz CT molecular complexity index is 592. The van der Waals surface area contributed by atoms with E-state index in [0.29, 0.717) is 5.69 Å². The van der Waals surface area contributed by atoms with E-state index in [4.69, 9.17) is 5.73 Å². The van der Waals surface area contributed by atoms with E-state index in [1.54, 1.807) is 0 Å². The number of anilines is 1. The number of benzene rings is 1. The number of hydrogen-bond acceptors (Lipinski definition) is 3. The van der Waals surface area contributed by atoms with E-state index in [0.717, 1.165) is 13.0 Å². The lowest BCUT2D eigenvalue weighted by Gasteiger charge is -2.14. The lowest BCUT2D eigenvalue weighted by atomic mass is 10.1. The molecule has 0 radical (unpaired) electrons. The molecule has 0 saturated carbocycles. The van der Waals surface area contributed by atoms with Crippen molar-refractivity contribution in [1.82, 2.24) is 5.32 Å². The molecular formula is C16H21N3OS. The van der Waals surface area contributed by atoms with Gasteiger partial charge in [-0.2, -0.15) is 0 Å². The number of rotatable bonds is 6. The molecule has 2 amide bonds. The summed E-state index contributed by atoms with van der Waals surface area (Å²) in [6.45, 7) is 5.17. The zero-order chi connectivity index (χ0) is 15.2. The number of aryl methyl sites for hydroxylation is 1. The van der Waals surface area contributed by atoms with E-state index in [-0.39, 0.29) is 6.04 Å². The number of carbonyl (C=O) groups excluding carboxylic acids is 1. The second kappa shape index (κ2) is 7.24. The lowest BCUT2D eigenvalue weighted by Crippen LogP contribution is -2.19. The maximum absolute atomic E-state index is 10.8. The van der Waals surface area contributed by atoms with Crippen molar-refractivity contribution in [3.8, 4) is 0 Å². The Hall–Kier alpha value is -1.85. The minimum atomic E-state index is -0.543. The Morgan fingerprint density at radius 2 is 1.86 bits per heavy atom. The molecule has 4 nitrogen and oxygen atoms in total. The number of hydrogen-bond donors (Lipinski definition) is 3. The van der Waals surface area contributed by atoms with Crippen LogP contribution >= 0.6 is 11.3 Å². The molecule has 0 aliphatic heterocycles. The van der Waals surface area contributed by atoms with Crippen LogP contribution in [0.1, 0.15) is 35.2 Å². The highest BCUT2D eigenvalue weighted by atomic mass is 32.1. The number of carbonyl (C=O) groups is 1. The molecule has 0 aliphatic carbocycles. The first-order chi connectivity index (χ1) is 10.1. The monoisotopic (exact) mass is 303 g/mol. The van der Waals surface area contributed by atoms with Gasteiger partial charge in [0, 0.05) is 28.0 Å². The summed E-state index contributed by atoms with van der Waals surface area (Å²) in [5.41, 5.74) is 6.98. The molecule has 112 valence electrons. The van der Waals surface area contributed by atoms with Crippen molar-refractivity contribution in [2.24, 2.45) is 5.73 Å². The van der Waals surface area contributed by atoms with Crippen molar-refractivity contribution in [3.05, 3.63) is 51.7 Å². The van der Waals surface area contributed by atoms with Crippen LogP contribution in [0.25, 0.3) is 0 Å². The van der Waals surface area contributed by atoms with Gasteiger partial charge >= 0.3 is 6.03 Å². The molecule has 4 N–H and O–H groups in total. The van der Waals surface area contributed by atoms with Crippen LogP contribution in [-0.4, -0.2) is 6.03 Å². The molecule has 0 aliphatic rings. The quantitative estimate of drug-likeness (QED) is 0.762. The first-order valence-corrected chi connectivity index (χ1v) is 7.87. The maximum atomic E-state index is 10.8. The summed E-state index contributed by atoms with van der Waals surface area (Å²) in [4.78, 5) is 13.5. The summed E-state index contributed by atoms with van der Waals surface area (Å²) in [5, 5.41) is 6.07. The number of primary amides is 1. The van der Waals surface area contributed by atoms with Crippen molar-refractivity contribution in [2.75, 3.05) is 5.32 Å². The van der Waals surface area contributed by atoms with Crippen LogP contribution in [0.5, 0.6) is 0 Å². The molecule has 2 aromatic rings. The molecular weight excluding hydrogens is 282 g/mol. The molecule has 1 unspecified atom stereocenters. The van der Waals surface area contributed by atoms with Gasteiger partial charge in [-0.3, -0.25) is 0 Å². The number of nitrogens with two attached hydrogens (primary N) is 1. The van der Waals surface area contributed by atoms with Gasteiger partial charge in [-0.1, -0.05) is 19.1 Å². The molecule has 1 atom stereocenters. The second-order valence-corrected chi connectivity index (χ2v) is 6.19. The summed E-state index contributed by atoms with van der Waals surface area (Å²) in [6, 6.07) is 11.8. The van der Waals surface area contributed by atoms with Crippen molar-refractivity contribution in [2.45, 2.75) is 32.9 Å². The minimum absolute atomic E-state index is 0.250. The van der Waals surface area contributed by atoms with Crippen LogP contribution in [0, 0.1) is 0 Å². The lowest BCUT2D eigenvalue weighted by molar-refractivity contribution is 0.259. The Morgan fingerprint density at radius 1 is 1.19 bits per heavy atom. The Labute approximate surface area is 129 Å². The highest BCUT2D eigenvalue weighted by Crippen LogP contribution is 2.20. The first-order valence-electron chi connectivity index (χ1n) is 7.06. The predicted molar refractivity (Wildman–Crippen MR) is 88.6 cm³/mol. The van der Waals surface area contributed by atoms with E-state index in [1.807, 2.05) is 35.6 Å². The van der Waals surface area contributed by atoms with Gasteiger partial charge in [0.15, 0.2) is 0 Å². The van der Waals surface area contributed by atoms with Crippen molar-refractivity contribution in [1.29, 1.82) is 0 Å². The molecule has 0 spiro atoms. The molecule has 1 aromatic heterocycles. The van der Waals surface area contributed by atoms with Crippen molar-refractivity contribution in [3.63, 3.8) is 0 Å². The maximum Gasteiger partial charge on any atom is 0.316 e. The Kier molecular flexibility index (Phi) is 5.36. The summed E-state index contributed by atoms with van der Waals surface area (Å²) in [7, 11) is 0. The molecule has 0 fully saturated rings. The van der Waals surface area contributed by atoms with E-state index in [2.05, 4.69) is 36.6 Å². The SMILES string of the molecule is CCc1ccc(CNC(C)c2ccc(NC(N)=O)cc2)s1. The largest absolute Gasteiger partial charge is 0.351 e. The average Bonchev–Trinajstić information content (AvgIpc) is 2.93. The molecule has 21 heavy (non-hydrogen) atoms. The second-order valence-electron chi connectivity index (χ2n) is 4.94. The Morgan fingerprint density at radius 3 is 2.43 bits per heavy atom. The van der Waals surface area contributed by atoms with Crippen LogP contribution in [0.4, 0.5) is 10.5 Å². The number of nitrogens with one attached hydrogen (secondary N) is 2. The molecule has 0 bridgehead atoms. The number of urea groups is 1. The fourth-order valence-electron chi connectivity index (χ4n) is 2.08. The standard InChI is InChI=1S/C16H21N3OS/c1-3-14-8-9-15(21-14)10-18-11(2)12-4-6-13(7-5-12)19-16(17)20/h4-9,11,18H,3,10H2,1-2H3,(H3,17,19,20). The van der Waals surface area contributed by atoms with Gasteiger partial charge in [-0.15, -0.1) is 11.3 Å². The van der Waals surface area contributed by atoms with Gasteiger partial charge in [-0.25, -0.2) is 4.79 Å². The van der Waals surface area contributed by atoms with Crippen LogP contribution < -0.4 is 16.4 Å². The average molecular weight is 303 g/mol. The van der Waals surface area contributed by atoms with Crippen LogP contribution in [0.3, 0.4) is 0 Å². The van der Waals surface area contributed by atoms with Gasteiger partial charge in [0.1, 0.15) is 0 Å². The molecule has 1 heterocycles. The van der Waals surface area contributed by atoms with E-state index in [9.17, 15) is 4.79 Å². The summed E-state index contributed by atoms with van der Waals surface area (Å²) < 4.78 is 0. The third kappa shape index (κ3) is 4.58. The molecule has 5 heteroatoms. The predicted octanol–water partition coefficient (Wildman–Crippen LogP) is 3.65. The van der Waals surface area contributed by atoms with Gasteiger partial charge in [0.2, 0.25) is 0 Å². The first kappa shape index (κ1) is 15.5. The minimum Gasteiger partial charge on any atom is -0.351 e. The molecule has 1 aromatic carbocycles. The molecule has 0 saturated heterocycles. The van der Waals surface area contributed by atoms with Crippen LogP contribution in [0.15, 0.2) is 36.4 Å². The van der Waals surface area contributed by atoms with Gasteiger partial charge in [0.25, 0.3) is 0 Å². The van der Waals surface area contributed by atoms with Gasteiger partial charge in [-0.05, 0) is 43.2 Å². The third-order valence-electron chi connectivity index (χ3n) is 3.33. The number of amides is 2. The van der Waals surface area contributed by atoms with E-state index >= 15 is 0 Å². The summed E-state index contributed by atoms with van der Waals surface area (Å²) in [6.07, 6.45) is 1.09. The Balaban J connectivity index is 1.90. The van der Waals surface area contributed by atoms with E-state index < -0.39 is 6.03 Å².